The number of esters is 1. The van der Waals surface area contributed by atoms with E-state index in [0.717, 1.165) is 29.6 Å². The van der Waals surface area contributed by atoms with Crippen molar-refractivity contribution in [1.29, 1.82) is 0 Å². The van der Waals surface area contributed by atoms with Crippen LogP contribution in [0, 0.1) is 29.6 Å². The molecule has 4 fully saturated rings. The molecule has 2 nitrogen and oxygen atoms in total. The standard InChI is InChI=1S/C10H14O2/c1-5(11)12-4-9-6-2-7-8(3-6)10(7)9/h6-10H,2-4H2,1H3. The minimum Gasteiger partial charge on any atom is -0.466 e. The van der Waals surface area contributed by atoms with Crippen LogP contribution in [0.15, 0.2) is 0 Å². The van der Waals surface area contributed by atoms with Crippen LogP contribution in [-0.4, -0.2) is 12.6 Å². The molecule has 2 heteroatoms. The normalized spacial score (nSPS) is 52.6. The third-order valence-electron chi connectivity index (χ3n) is 4.13. The predicted octanol–water partition coefficient (Wildman–Crippen LogP) is 1.45. The molecule has 4 bridgehead atoms. The third-order valence-corrected chi connectivity index (χ3v) is 4.13. The molecule has 0 aromatic carbocycles. The first-order valence-corrected chi connectivity index (χ1v) is 4.90. The van der Waals surface area contributed by atoms with E-state index >= 15 is 0 Å². The molecule has 4 saturated carbocycles. The summed E-state index contributed by atoms with van der Waals surface area (Å²) < 4.78 is 5.08. The van der Waals surface area contributed by atoms with E-state index in [1.165, 1.54) is 19.8 Å². The lowest BCUT2D eigenvalue weighted by molar-refractivity contribution is -0.142. The van der Waals surface area contributed by atoms with Crippen molar-refractivity contribution in [3.05, 3.63) is 0 Å². The molecular formula is C10H14O2. The number of carbonyl (C=O) groups is 1. The van der Waals surface area contributed by atoms with Gasteiger partial charge in [-0.15, -0.1) is 0 Å². The number of rotatable bonds is 2. The molecule has 0 amide bonds. The molecule has 0 saturated heterocycles. The van der Waals surface area contributed by atoms with Gasteiger partial charge in [-0.25, -0.2) is 0 Å². The fourth-order valence-electron chi connectivity index (χ4n) is 3.69. The highest BCUT2D eigenvalue weighted by molar-refractivity contribution is 5.65. The average molecular weight is 166 g/mol. The van der Waals surface area contributed by atoms with E-state index in [1.807, 2.05) is 0 Å². The Balaban J connectivity index is 1.62. The summed E-state index contributed by atoms with van der Waals surface area (Å²) in [6.45, 7) is 2.21. The zero-order valence-corrected chi connectivity index (χ0v) is 7.32. The lowest BCUT2D eigenvalue weighted by Crippen LogP contribution is -2.15. The molecule has 3 unspecified atom stereocenters. The van der Waals surface area contributed by atoms with E-state index in [-0.39, 0.29) is 5.97 Å². The van der Waals surface area contributed by atoms with E-state index in [1.54, 1.807) is 0 Å². The van der Waals surface area contributed by atoms with Gasteiger partial charge in [0.2, 0.25) is 0 Å². The molecule has 0 aliphatic heterocycles. The summed E-state index contributed by atoms with van der Waals surface area (Å²) in [5, 5.41) is 0. The highest BCUT2D eigenvalue weighted by Crippen LogP contribution is 2.73. The largest absolute Gasteiger partial charge is 0.466 e. The Hall–Kier alpha value is -0.530. The number of ether oxygens (including phenoxy) is 1. The van der Waals surface area contributed by atoms with Gasteiger partial charge in [0.05, 0.1) is 6.61 Å². The zero-order chi connectivity index (χ0) is 8.29. The highest BCUT2D eigenvalue weighted by Gasteiger charge is 2.68. The van der Waals surface area contributed by atoms with Gasteiger partial charge in [-0.3, -0.25) is 4.79 Å². The van der Waals surface area contributed by atoms with E-state index in [4.69, 9.17) is 4.74 Å². The SMILES string of the molecule is CC(=O)OCC1C2CC3C(C2)C13. The Labute approximate surface area is 72.3 Å². The van der Waals surface area contributed by atoms with Crippen LogP contribution in [0.1, 0.15) is 19.8 Å². The van der Waals surface area contributed by atoms with Gasteiger partial charge in [-0.2, -0.15) is 0 Å². The van der Waals surface area contributed by atoms with Crippen molar-refractivity contribution in [1.82, 2.24) is 0 Å². The van der Waals surface area contributed by atoms with Gasteiger partial charge < -0.3 is 4.74 Å². The molecule has 4 aliphatic rings. The van der Waals surface area contributed by atoms with E-state index in [2.05, 4.69) is 0 Å². The van der Waals surface area contributed by atoms with Gasteiger partial charge in [0.25, 0.3) is 0 Å². The van der Waals surface area contributed by atoms with Gasteiger partial charge in [-0.1, -0.05) is 0 Å². The second-order valence-corrected chi connectivity index (χ2v) is 4.60. The molecule has 3 atom stereocenters. The Bertz CT molecular complexity index is 222. The topological polar surface area (TPSA) is 26.3 Å². The number of hydrogen-bond acceptors (Lipinski definition) is 2. The van der Waals surface area contributed by atoms with Crippen molar-refractivity contribution in [2.45, 2.75) is 19.8 Å². The first kappa shape index (κ1) is 6.93. The van der Waals surface area contributed by atoms with Gasteiger partial charge in [0.1, 0.15) is 0 Å². The van der Waals surface area contributed by atoms with E-state index < -0.39 is 0 Å². The van der Waals surface area contributed by atoms with Crippen LogP contribution in [0.5, 0.6) is 0 Å². The molecule has 4 aliphatic carbocycles. The first-order chi connectivity index (χ1) is 5.77. The molecule has 0 heterocycles. The van der Waals surface area contributed by atoms with Crippen LogP contribution in [0.25, 0.3) is 0 Å². The lowest BCUT2D eigenvalue weighted by Gasteiger charge is -2.13. The number of hydrogen-bond donors (Lipinski definition) is 0. The summed E-state index contributed by atoms with van der Waals surface area (Å²) >= 11 is 0. The van der Waals surface area contributed by atoms with Crippen LogP contribution < -0.4 is 0 Å². The summed E-state index contributed by atoms with van der Waals surface area (Å²) in [6.07, 6.45) is 2.86. The minimum absolute atomic E-state index is 0.115. The van der Waals surface area contributed by atoms with E-state index in [9.17, 15) is 4.79 Å². The second kappa shape index (κ2) is 2.04. The molecular weight excluding hydrogens is 152 g/mol. The molecule has 0 aromatic rings. The van der Waals surface area contributed by atoms with Crippen LogP contribution >= 0.6 is 0 Å². The fraction of sp³-hybridized carbons (Fsp3) is 0.900. The van der Waals surface area contributed by atoms with Gasteiger partial charge >= 0.3 is 5.97 Å². The lowest BCUT2D eigenvalue weighted by atomic mass is 9.99. The summed E-state index contributed by atoms with van der Waals surface area (Å²) in [6, 6.07) is 0. The maximum atomic E-state index is 10.6. The maximum absolute atomic E-state index is 10.6. The Morgan fingerprint density at radius 1 is 1.42 bits per heavy atom. The maximum Gasteiger partial charge on any atom is 0.302 e. The van der Waals surface area contributed by atoms with Gasteiger partial charge in [0, 0.05) is 6.92 Å². The molecule has 0 N–H and O–H groups in total. The molecule has 4 rings (SSSR count). The summed E-state index contributed by atoms with van der Waals surface area (Å²) in [5.74, 6) is 4.56. The zero-order valence-electron chi connectivity index (χ0n) is 7.32. The van der Waals surface area contributed by atoms with Crippen LogP contribution in [0.3, 0.4) is 0 Å². The highest BCUT2D eigenvalue weighted by atomic mass is 16.5. The Kier molecular flexibility index (Phi) is 1.18. The molecule has 12 heavy (non-hydrogen) atoms. The minimum atomic E-state index is -0.115. The molecule has 0 aromatic heterocycles. The van der Waals surface area contributed by atoms with Crippen molar-refractivity contribution < 1.29 is 9.53 Å². The van der Waals surface area contributed by atoms with Gasteiger partial charge in [-0.05, 0) is 42.4 Å². The van der Waals surface area contributed by atoms with Gasteiger partial charge in [0.15, 0.2) is 0 Å². The molecule has 66 valence electrons. The third kappa shape index (κ3) is 0.732. The van der Waals surface area contributed by atoms with Crippen molar-refractivity contribution in [2.24, 2.45) is 29.6 Å². The van der Waals surface area contributed by atoms with Crippen molar-refractivity contribution >= 4 is 5.97 Å². The summed E-state index contributed by atoms with van der Waals surface area (Å²) in [7, 11) is 0. The number of carbonyl (C=O) groups excluding carboxylic acids is 1. The molecule has 0 spiro atoms. The van der Waals surface area contributed by atoms with Crippen molar-refractivity contribution in [2.75, 3.05) is 6.61 Å². The van der Waals surface area contributed by atoms with Crippen molar-refractivity contribution in [3.8, 4) is 0 Å². The monoisotopic (exact) mass is 166 g/mol. The summed E-state index contributed by atoms with van der Waals surface area (Å²) in [4.78, 5) is 10.6. The van der Waals surface area contributed by atoms with Crippen LogP contribution in [0.4, 0.5) is 0 Å². The second-order valence-electron chi connectivity index (χ2n) is 4.60. The smallest absolute Gasteiger partial charge is 0.302 e. The Morgan fingerprint density at radius 3 is 2.50 bits per heavy atom. The molecule has 0 radical (unpaired) electrons. The van der Waals surface area contributed by atoms with E-state index in [0.29, 0.717) is 6.61 Å². The van der Waals surface area contributed by atoms with Crippen LogP contribution in [0.2, 0.25) is 0 Å². The fourth-order valence-corrected chi connectivity index (χ4v) is 3.69. The van der Waals surface area contributed by atoms with Crippen LogP contribution in [-0.2, 0) is 9.53 Å². The average Bonchev–Trinajstić information content (AvgIpc) is 2.49. The van der Waals surface area contributed by atoms with Crippen molar-refractivity contribution in [3.63, 3.8) is 0 Å². The quantitative estimate of drug-likeness (QED) is 0.580. The summed E-state index contributed by atoms with van der Waals surface area (Å²) in [5.41, 5.74) is 0. The predicted molar refractivity (Wildman–Crippen MR) is 43.3 cm³/mol. The Morgan fingerprint density at radius 2 is 2.08 bits per heavy atom. The first-order valence-electron chi connectivity index (χ1n) is 4.90.